The van der Waals surface area contributed by atoms with E-state index in [0.717, 1.165) is 19.6 Å². The van der Waals surface area contributed by atoms with Crippen LogP contribution >= 0.6 is 0 Å². The van der Waals surface area contributed by atoms with Gasteiger partial charge in [0.05, 0.1) is 0 Å². The lowest BCUT2D eigenvalue weighted by Crippen LogP contribution is -2.58. The average molecular weight is 272 g/mol. The van der Waals surface area contributed by atoms with Crippen molar-refractivity contribution in [3.63, 3.8) is 0 Å². The SMILES string of the molecule is CC.CC.CCCN1C(C)CN(C(=O)CC)CC1C. The number of carbonyl (C=O) groups excluding carboxylic acids is 1. The van der Waals surface area contributed by atoms with E-state index in [1.807, 2.05) is 39.5 Å². The highest BCUT2D eigenvalue weighted by atomic mass is 16.2. The average Bonchev–Trinajstić information content (AvgIpc) is 2.46. The molecule has 0 radical (unpaired) electrons. The third-order valence-corrected chi connectivity index (χ3v) is 3.24. The number of hydrogen-bond donors (Lipinski definition) is 0. The third-order valence-electron chi connectivity index (χ3n) is 3.24. The minimum atomic E-state index is 0.296. The molecular weight excluding hydrogens is 236 g/mol. The second-order valence-corrected chi connectivity index (χ2v) is 4.59. The summed E-state index contributed by atoms with van der Waals surface area (Å²) >= 11 is 0. The topological polar surface area (TPSA) is 23.6 Å². The van der Waals surface area contributed by atoms with Crippen LogP contribution in [0, 0.1) is 0 Å². The molecular formula is C16H36N2O. The Bertz CT molecular complexity index is 207. The number of piperazine rings is 1. The van der Waals surface area contributed by atoms with E-state index >= 15 is 0 Å². The molecule has 2 atom stereocenters. The maximum Gasteiger partial charge on any atom is 0.222 e. The van der Waals surface area contributed by atoms with Gasteiger partial charge in [-0.3, -0.25) is 9.69 Å². The predicted molar refractivity (Wildman–Crippen MR) is 85.5 cm³/mol. The molecule has 0 bridgehead atoms. The Kier molecular flexibility index (Phi) is 13.6. The molecule has 0 aliphatic carbocycles. The van der Waals surface area contributed by atoms with E-state index in [-0.39, 0.29) is 0 Å². The molecule has 0 saturated carbocycles. The number of carbonyl (C=O) groups is 1. The summed E-state index contributed by atoms with van der Waals surface area (Å²) in [6.07, 6.45) is 1.82. The summed E-state index contributed by atoms with van der Waals surface area (Å²) < 4.78 is 0. The zero-order valence-electron chi connectivity index (χ0n) is 14.5. The first-order chi connectivity index (χ1) is 9.10. The molecule has 3 nitrogen and oxygen atoms in total. The molecule has 19 heavy (non-hydrogen) atoms. The Morgan fingerprint density at radius 1 is 1.00 bits per heavy atom. The van der Waals surface area contributed by atoms with Crippen LogP contribution in [-0.4, -0.2) is 47.4 Å². The van der Waals surface area contributed by atoms with Crippen LogP contribution in [0.15, 0.2) is 0 Å². The Morgan fingerprint density at radius 3 is 1.74 bits per heavy atom. The fraction of sp³-hybridized carbons (Fsp3) is 0.938. The second-order valence-electron chi connectivity index (χ2n) is 4.59. The molecule has 1 aliphatic rings. The molecule has 0 spiro atoms. The molecule has 0 aromatic carbocycles. The lowest BCUT2D eigenvalue weighted by molar-refractivity contribution is -0.135. The van der Waals surface area contributed by atoms with Crippen molar-refractivity contribution in [3.8, 4) is 0 Å². The van der Waals surface area contributed by atoms with Crippen molar-refractivity contribution in [2.45, 2.75) is 80.3 Å². The van der Waals surface area contributed by atoms with Crippen molar-refractivity contribution >= 4 is 5.91 Å². The van der Waals surface area contributed by atoms with E-state index in [2.05, 4.69) is 25.7 Å². The first kappa shape index (κ1) is 20.7. The predicted octanol–water partition coefficient (Wildman–Crippen LogP) is 3.78. The van der Waals surface area contributed by atoms with Gasteiger partial charge in [0, 0.05) is 31.6 Å². The van der Waals surface area contributed by atoms with Crippen LogP contribution in [0.5, 0.6) is 0 Å². The van der Waals surface area contributed by atoms with Gasteiger partial charge in [-0.2, -0.15) is 0 Å². The van der Waals surface area contributed by atoms with Gasteiger partial charge in [0.25, 0.3) is 0 Å². The van der Waals surface area contributed by atoms with Crippen LogP contribution in [0.2, 0.25) is 0 Å². The van der Waals surface area contributed by atoms with E-state index in [1.165, 1.54) is 6.42 Å². The fourth-order valence-electron chi connectivity index (χ4n) is 2.48. The molecule has 1 saturated heterocycles. The van der Waals surface area contributed by atoms with Crippen LogP contribution in [0.3, 0.4) is 0 Å². The zero-order chi connectivity index (χ0) is 15.4. The quantitative estimate of drug-likeness (QED) is 0.780. The van der Waals surface area contributed by atoms with Crippen LogP contribution in [0.25, 0.3) is 0 Å². The summed E-state index contributed by atoms with van der Waals surface area (Å²) in [6.45, 7) is 19.5. The molecule has 0 aromatic rings. The first-order valence-corrected chi connectivity index (χ1v) is 8.13. The lowest BCUT2D eigenvalue weighted by atomic mass is 10.1. The normalized spacial score (nSPS) is 22.8. The molecule has 1 heterocycles. The van der Waals surface area contributed by atoms with E-state index in [0.29, 0.717) is 24.4 Å². The molecule has 3 heteroatoms. The van der Waals surface area contributed by atoms with Gasteiger partial charge in [0.15, 0.2) is 0 Å². The standard InChI is InChI=1S/C12H24N2O.2C2H6/c1-5-7-14-10(3)8-13(9-11(14)4)12(15)6-2;2*1-2/h10-11H,5-9H2,1-4H3;2*1-2H3. The first-order valence-electron chi connectivity index (χ1n) is 8.13. The van der Waals surface area contributed by atoms with Gasteiger partial charge in [-0.05, 0) is 26.8 Å². The van der Waals surface area contributed by atoms with E-state index in [1.54, 1.807) is 0 Å². The molecule has 2 unspecified atom stereocenters. The lowest BCUT2D eigenvalue weighted by Gasteiger charge is -2.44. The monoisotopic (exact) mass is 272 g/mol. The van der Waals surface area contributed by atoms with Crippen molar-refractivity contribution in [2.24, 2.45) is 0 Å². The van der Waals surface area contributed by atoms with E-state index < -0.39 is 0 Å². The van der Waals surface area contributed by atoms with Gasteiger partial charge in [0.2, 0.25) is 5.91 Å². The molecule has 116 valence electrons. The Morgan fingerprint density at radius 2 is 1.42 bits per heavy atom. The number of rotatable bonds is 3. The van der Waals surface area contributed by atoms with Gasteiger partial charge in [-0.15, -0.1) is 0 Å². The molecule has 1 rings (SSSR count). The minimum Gasteiger partial charge on any atom is -0.340 e. The Balaban J connectivity index is 0. The number of hydrogen-bond acceptors (Lipinski definition) is 2. The molecule has 1 aliphatic heterocycles. The summed E-state index contributed by atoms with van der Waals surface area (Å²) in [7, 11) is 0. The summed E-state index contributed by atoms with van der Waals surface area (Å²) in [5.74, 6) is 0.296. The van der Waals surface area contributed by atoms with Crippen LogP contribution < -0.4 is 0 Å². The van der Waals surface area contributed by atoms with Crippen LogP contribution in [-0.2, 0) is 4.79 Å². The highest BCUT2D eigenvalue weighted by Gasteiger charge is 2.30. The van der Waals surface area contributed by atoms with Crippen LogP contribution in [0.4, 0.5) is 0 Å². The largest absolute Gasteiger partial charge is 0.340 e. The summed E-state index contributed by atoms with van der Waals surface area (Å²) in [5.41, 5.74) is 0. The van der Waals surface area contributed by atoms with Crippen molar-refractivity contribution in [2.75, 3.05) is 19.6 Å². The fourth-order valence-corrected chi connectivity index (χ4v) is 2.48. The van der Waals surface area contributed by atoms with Gasteiger partial charge < -0.3 is 4.90 Å². The summed E-state index contributed by atoms with van der Waals surface area (Å²) in [6, 6.07) is 1.01. The van der Waals surface area contributed by atoms with Crippen molar-refractivity contribution < 1.29 is 4.79 Å². The van der Waals surface area contributed by atoms with Crippen molar-refractivity contribution in [3.05, 3.63) is 0 Å². The Labute approximate surface area is 121 Å². The molecule has 0 aromatic heterocycles. The van der Waals surface area contributed by atoms with Crippen molar-refractivity contribution in [1.29, 1.82) is 0 Å². The second kappa shape index (κ2) is 12.5. The molecule has 1 fully saturated rings. The number of nitrogens with zero attached hydrogens (tertiary/aromatic N) is 2. The zero-order valence-corrected chi connectivity index (χ0v) is 14.5. The van der Waals surface area contributed by atoms with Gasteiger partial charge in [-0.25, -0.2) is 0 Å². The van der Waals surface area contributed by atoms with E-state index in [4.69, 9.17) is 0 Å². The maximum absolute atomic E-state index is 11.6. The van der Waals surface area contributed by atoms with Crippen LogP contribution in [0.1, 0.15) is 68.2 Å². The third kappa shape index (κ3) is 6.95. The summed E-state index contributed by atoms with van der Waals surface area (Å²) in [4.78, 5) is 16.2. The summed E-state index contributed by atoms with van der Waals surface area (Å²) in [5, 5.41) is 0. The van der Waals surface area contributed by atoms with E-state index in [9.17, 15) is 4.79 Å². The number of amides is 1. The molecule has 0 N–H and O–H groups in total. The maximum atomic E-state index is 11.6. The van der Waals surface area contributed by atoms with Crippen molar-refractivity contribution in [1.82, 2.24) is 9.80 Å². The molecule has 1 amide bonds. The smallest absolute Gasteiger partial charge is 0.222 e. The van der Waals surface area contributed by atoms with Gasteiger partial charge in [0.1, 0.15) is 0 Å². The minimum absolute atomic E-state index is 0.296. The highest BCUT2D eigenvalue weighted by molar-refractivity contribution is 5.76. The van der Waals surface area contributed by atoms with Gasteiger partial charge in [-0.1, -0.05) is 41.5 Å². The highest BCUT2D eigenvalue weighted by Crippen LogP contribution is 2.16. The van der Waals surface area contributed by atoms with Gasteiger partial charge >= 0.3 is 0 Å². The Hall–Kier alpha value is -0.570.